The second kappa shape index (κ2) is 3.95. The molecule has 2 aliphatic rings. The van der Waals surface area contributed by atoms with Gasteiger partial charge in [0.1, 0.15) is 0 Å². The van der Waals surface area contributed by atoms with Crippen LogP contribution in [0.5, 0.6) is 0 Å². The van der Waals surface area contributed by atoms with Crippen LogP contribution in [0.1, 0.15) is 26.3 Å². The molecule has 94 valence electrons. The van der Waals surface area contributed by atoms with E-state index >= 15 is 0 Å². The van der Waals surface area contributed by atoms with E-state index in [1.807, 2.05) is 25.1 Å². The van der Waals surface area contributed by atoms with E-state index in [1.165, 1.54) is 0 Å². The van der Waals surface area contributed by atoms with Crippen LogP contribution >= 0.6 is 0 Å². The molecule has 2 bridgehead atoms. The van der Waals surface area contributed by atoms with Crippen molar-refractivity contribution in [2.75, 3.05) is 4.90 Å². The number of carbonyl (C=O) groups excluding carboxylic acids is 2. The van der Waals surface area contributed by atoms with Crippen LogP contribution in [0.3, 0.4) is 0 Å². The standard InChI is InChI=1S/C15H12N2O2/c1-9-2-7-12-8-13(9)17(12)15(19)11-5-3-10(4-6-11)14(16)18/h2-8H,1H3,(H2,16,18). The van der Waals surface area contributed by atoms with Gasteiger partial charge >= 0.3 is 0 Å². The van der Waals surface area contributed by atoms with Gasteiger partial charge in [0.25, 0.3) is 5.91 Å². The number of rotatable bonds is 2. The fourth-order valence-electron chi connectivity index (χ4n) is 2.18. The van der Waals surface area contributed by atoms with Gasteiger partial charge in [-0.2, -0.15) is 0 Å². The van der Waals surface area contributed by atoms with Gasteiger partial charge in [0.05, 0.1) is 11.4 Å². The van der Waals surface area contributed by atoms with Crippen molar-refractivity contribution in [2.24, 2.45) is 5.73 Å². The first-order valence-electron chi connectivity index (χ1n) is 5.93. The number of primary amides is 1. The molecule has 2 N–H and O–H groups in total. The van der Waals surface area contributed by atoms with Crippen LogP contribution in [-0.4, -0.2) is 11.8 Å². The van der Waals surface area contributed by atoms with Crippen molar-refractivity contribution in [1.82, 2.24) is 0 Å². The molecule has 2 heterocycles. The Hall–Kier alpha value is -2.62. The number of nitrogens with zero attached hydrogens (tertiary/aromatic N) is 1. The summed E-state index contributed by atoms with van der Waals surface area (Å²) in [5, 5.41) is 0. The maximum Gasteiger partial charge on any atom is 0.262 e. The first-order valence-corrected chi connectivity index (χ1v) is 5.93. The zero-order valence-corrected chi connectivity index (χ0v) is 10.4. The third-order valence-electron chi connectivity index (χ3n) is 3.31. The maximum absolute atomic E-state index is 12.4. The van der Waals surface area contributed by atoms with Crippen LogP contribution in [0, 0.1) is 6.92 Å². The minimum absolute atomic E-state index is 0.0905. The molecular formula is C15H12N2O2. The third-order valence-corrected chi connectivity index (χ3v) is 3.31. The monoisotopic (exact) mass is 252 g/mol. The number of fused-ring (bicyclic) bond motifs is 2. The molecule has 2 aromatic carbocycles. The van der Waals surface area contributed by atoms with E-state index in [0.29, 0.717) is 11.1 Å². The van der Waals surface area contributed by atoms with Crippen molar-refractivity contribution in [3.63, 3.8) is 0 Å². The highest BCUT2D eigenvalue weighted by atomic mass is 16.2. The Labute approximate surface area is 110 Å². The van der Waals surface area contributed by atoms with Crippen molar-refractivity contribution in [3.8, 4) is 0 Å². The second-order valence-corrected chi connectivity index (χ2v) is 4.55. The first-order chi connectivity index (χ1) is 9.08. The van der Waals surface area contributed by atoms with Crippen molar-refractivity contribution < 1.29 is 9.59 Å². The third kappa shape index (κ3) is 1.69. The Balaban J connectivity index is 1.89. The quantitative estimate of drug-likeness (QED) is 0.891. The number of aryl methyl sites for hydroxylation is 1. The molecule has 4 rings (SSSR count). The maximum atomic E-state index is 12.4. The summed E-state index contributed by atoms with van der Waals surface area (Å²) in [6.45, 7) is 1.97. The van der Waals surface area contributed by atoms with Gasteiger partial charge < -0.3 is 5.73 Å². The fraction of sp³-hybridized carbons (Fsp3) is 0.0667. The lowest BCUT2D eigenvalue weighted by Crippen LogP contribution is -2.31. The molecule has 4 nitrogen and oxygen atoms in total. The van der Waals surface area contributed by atoms with Crippen LogP contribution in [0.25, 0.3) is 0 Å². The lowest BCUT2D eigenvalue weighted by atomic mass is 10.0. The molecule has 2 aromatic rings. The largest absolute Gasteiger partial charge is 0.366 e. The number of anilines is 2. The Kier molecular flexibility index (Phi) is 2.38. The average Bonchev–Trinajstić information content (AvgIpc) is 2.38. The van der Waals surface area contributed by atoms with E-state index in [1.54, 1.807) is 29.2 Å². The molecule has 2 amide bonds. The predicted molar refractivity (Wildman–Crippen MR) is 72.6 cm³/mol. The summed E-state index contributed by atoms with van der Waals surface area (Å²) in [5.41, 5.74) is 9.00. The molecule has 0 fully saturated rings. The van der Waals surface area contributed by atoms with Crippen LogP contribution in [0.4, 0.5) is 11.4 Å². The van der Waals surface area contributed by atoms with Gasteiger partial charge in [-0.15, -0.1) is 0 Å². The van der Waals surface area contributed by atoms with Crippen molar-refractivity contribution in [3.05, 3.63) is 59.2 Å². The molecule has 2 aliphatic heterocycles. The van der Waals surface area contributed by atoms with Gasteiger partial charge in [-0.25, -0.2) is 0 Å². The van der Waals surface area contributed by atoms with Crippen molar-refractivity contribution in [1.29, 1.82) is 0 Å². The molecular weight excluding hydrogens is 240 g/mol. The zero-order valence-electron chi connectivity index (χ0n) is 10.4. The second-order valence-electron chi connectivity index (χ2n) is 4.55. The average molecular weight is 252 g/mol. The normalized spacial score (nSPS) is 11.9. The van der Waals surface area contributed by atoms with Gasteiger partial charge in [0.15, 0.2) is 0 Å². The zero-order chi connectivity index (χ0) is 13.6. The number of amides is 2. The number of hydrogen-bond donors (Lipinski definition) is 1. The van der Waals surface area contributed by atoms with E-state index in [4.69, 9.17) is 5.73 Å². The number of nitrogens with two attached hydrogens (primary N) is 1. The van der Waals surface area contributed by atoms with E-state index in [0.717, 1.165) is 16.9 Å². The van der Waals surface area contributed by atoms with Gasteiger partial charge in [-0.1, -0.05) is 6.07 Å². The molecule has 0 aliphatic carbocycles. The van der Waals surface area contributed by atoms with E-state index in [-0.39, 0.29) is 5.91 Å². The smallest absolute Gasteiger partial charge is 0.262 e. The molecule has 0 radical (unpaired) electrons. The van der Waals surface area contributed by atoms with Gasteiger partial charge in [-0.3, -0.25) is 14.5 Å². The van der Waals surface area contributed by atoms with E-state index < -0.39 is 5.91 Å². The number of hydrogen-bond acceptors (Lipinski definition) is 2. The first kappa shape index (κ1) is 11.5. The highest BCUT2D eigenvalue weighted by molar-refractivity contribution is 6.15. The summed E-state index contributed by atoms with van der Waals surface area (Å²) in [6.07, 6.45) is 0. The van der Waals surface area contributed by atoms with Gasteiger partial charge in [0.2, 0.25) is 5.91 Å². The highest BCUT2D eigenvalue weighted by Crippen LogP contribution is 2.41. The molecule has 0 spiro atoms. The summed E-state index contributed by atoms with van der Waals surface area (Å²) in [7, 11) is 0. The molecule has 0 aromatic heterocycles. The minimum atomic E-state index is -0.496. The minimum Gasteiger partial charge on any atom is -0.366 e. The topological polar surface area (TPSA) is 63.4 Å². The molecule has 4 heteroatoms. The van der Waals surface area contributed by atoms with Gasteiger partial charge in [-0.05, 0) is 48.9 Å². The molecule has 19 heavy (non-hydrogen) atoms. The predicted octanol–water partition coefficient (Wildman–Crippen LogP) is 2.39. The van der Waals surface area contributed by atoms with E-state index in [2.05, 4.69) is 0 Å². The summed E-state index contributed by atoms with van der Waals surface area (Å²) in [4.78, 5) is 25.0. The molecule has 0 unspecified atom stereocenters. The summed E-state index contributed by atoms with van der Waals surface area (Å²) in [6, 6.07) is 12.3. The van der Waals surface area contributed by atoms with Crippen LogP contribution in [0.2, 0.25) is 0 Å². The van der Waals surface area contributed by atoms with Crippen LogP contribution in [-0.2, 0) is 0 Å². The number of carbonyl (C=O) groups is 2. The molecule has 0 saturated heterocycles. The highest BCUT2D eigenvalue weighted by Gasteiger charge is 2.28. The number of benzene rings is 2. The Morgan fingerprint density at radius 3 is 2.16 bits per heavy atom. The Morgan fingerprint density at radius 2 is 1.63 bits per heavy atom. The Morgan fingerprint density at radius 1 is 1.00 bits per heavy atom. The van der Waals surface area contributed by atoms with Crippen molar-refractivity contribution >= 4 is 23.2 Å². The lowest BCUT2D eigenvalue weighted by molar-refractivity contribution is 0.0987. The fourth-order valence-corrected chi connectivity index (χ4v) is 2.18. The van der Waals surface area contributed by atoms with Crippen LogP contribution in [0.15, 0.2) is 42.5 Å². The molecule has 0 atom stereocenters. The van der Waals surface area contributed by atoms with Gasteiger partial charge in [0, 0.05) is 11.1 Å². The Bertz CT molecular complexity index is 686. The summed E-state index contributed by atoms with van der Waals surface area (Å²) in [5.74, 6) is -0.587. The summed E-state index contributed by atoms with van der Waals surface area (Å²) < 4.78 is 0. The SMILES string of the molecule is Cc1ccc2cc1N2C(=O)c1ccc(C(N)=O)cc1. The lowest BCUT2D eigenvalue weighted by Gasteiger charge is -2.33. The van der Waals surface area contributed by atoms with Crippen LogP contribution < -0.4 is 10.6 Å². The van der Waals surface area contributed by atoms with Crippen molar-refractivity contribution in [2.45, 2.75) is 6.92 Å². The summed E-state index contributed by atoms with van der Waals surface area (Å²) >= 11 is 0. The molecule has 0 saturated carbocycles. The van der Waals surface area contributed by atoms with E-state index in [9.17, 15) is 9.59 Å².